The Bertz CT molecular complexity index is 612. The van der Waals surface area contributed by atoms with Crippen LogP contribution in [0.3, 0.4) is 0 Å². The van der Waals surface area contributed by atoms with E-state index in [1.165, 1.54) is 0 Å². The summed E-state index contributed by atoms with van der Waals surface area (Å²) >= 11 is 0. The van der Waals surface area contributed by atoms with Crippen LogP contribution in [0.5, 0.6) is 0 Å². The van der Waals surface area contributed by atoms with E-state index < -0.39 is 0 Å². The molecule has 1 aromatic carbocycles. The molecule has 1 aliphatic rings. The van der Waals surface area contributed by atoms with Crippen LogP contribution in [-0.4, -0.2) is 23.5 Å². The van der Waals surface area contributed by atoms with Gasteiger partial charge in [0.05, 0.1) is 6.10 Å². The highest BCUT2D eigenvalue weighted by atomic mass is 16.3. The van der Waals surface area contributed by atoms with E-state index in [0.29, 0.717) is 23.8 Å². The number of aliphatic hydroxyl groups is 1. The fourth-order valence-corrected chi connectivity index (χ4v) is 2.82. The summed E-state index contributed by atoms with van der Waals surface area (Å²) in [5, 5.41) is 13.1. The van der Waals surface area contributed by atoms with Gasteiger partial charge in [0, 0.05) is 17.3 Å². The lowest BCUT2D eigenvalue weighted by atomic mass is 9.92. The monoisotopic (exact) mass is 285 g/mol. The first-order valence-electron chi connectivity index (χ1n) is 7.35. The van der Waals surface area contributed by atoms with Crippen LogP contribution >= 0.6 is 0 Å². The summed E-state index contributed by atoms with van der Waals surface area (Å²) in [7, 11) is 0. The molecular formula is C17H19NO3. The van der Waals surface area contributed by atoms with Crippen LogP contribution in [0, 0.1) is 0 Å². The molecule has 110 valence electrons. The van der Waals surface area contributed by atoms with E-state index in [9.17, 15) is 9.90 Å². The minimum atomic E-state index is -0.154. The summed E-state index contributed by atoms with van der Waals surface area (Å²) in [6.07, 6.45) is 4.17. The molecule has 2 N–H and O–H groups in total. The van der Waals surface area contributed by atoms with E-state index in [1.54, 1.807) is 6.07 Å². The molecule has 1 saturated carbocycles. The van der Waals surface area contributed by atoms with Crippen LogP contribution in [0.4, 0.5) is 5.69 Å². The summed E-state index contributed by atoms with van der Waals surface area (Å²) in [4.78, 5) is 10.8. The number of aldehydes is 1. The van der Waals surface area contributed by atoms with E-state index in [1.807, 2.05) is 30.3 Å². The standard InChI is InChI=1S/C17H19NO3/c19-11-14-9-10-17(21-14)15-3-1-2-4-16(15)18-12-5-7-13(20)8-6-12/h1-4,9-13,18,20H,5-8H2. The highest BCUT2D eigenvalue weighted by Crippen LogP contribution is 2.31. The fourth-order valence-electron chi connectivity index (χ4n) is 2.82. The van der Waals surface area contributed by atoms with Gasteiger partial charge in [0.25, 0.3) is 0 Å². The van der Waals surface area contributed by atoms with Gasteiger partial charge in [-0.1, -0.05) is 12.1 Å². The van der Waals surface area contributed by atoms with Crippen molar-refractivity contribution in [2.24, 2.45) is 0 Å². The topological polar surface area (TPSA) is 62.5 Å². The average Bonchev–Trinajstić information content (AvgIpc) is 2.99. The van der Waals surface area contributed by atoms with E-state index in [-0.39, 0.29) is 6.10 Å². The molecule has 4 heteroatoms. The number of aliphatic hydroxyl groups excluding tert-OH is 1. The van der Waals surface area contributed by atoms with Crippen molar-refractivity contribution in [2.75, 3.05) is 5.32 Å². The molecule has 1 heterocycles. The van der Waals surface area contributed by atoms with Crippen LogP contribution in [0.1, 0.15) is 36.2 Å². The Morgan fingerprint density at radius 3 is 2.57 bits per heavy atom. The van der Waals surface area contributed by atoms with Crippen LogP contribution in [0.15, 0.2) is 40.8 Å². The van der Waals surface area contributed by atoms with Gasteiger partial charge in [0.15, 0.2) is 12.0 Å². The molecule has 21 heavy (non-hydrogen) atoms. The second-order valence-corrected chi connectivity index (χ2v) is 5.52. The molecule has 1 aromatic heterocycles. The van der Waals surface area contributed by atoms with Crippen molar-refractivity contribution in [1.29, 1.82) is 0 Å². The van der Waals surface area contributed by atoms with Crippen molar-refractivity contribution in [2.45, 2.75) is 37.8 Å². The third-order valence-corrected chi connectivity index (χ3v) is 3.99. The molecule has 3 rings (SSSR count). The Morgan fingerprint density at radius 2 is 1.86 bits per heavy atom. The Kier molecular flexibility index (Phi) is 4.06. The summed E-state index contributed by atoms with van der Waals surface area (Å²) in [6, 6.07) is 11.8. The maximum Gasteiger partial charge on any atom is 0.185 e. The van der Waals surface area contributed by atoms with Crippen LogP contribution in [-0.2, 0) is 0 Å². The number of carbonyl (C=O) groups is 1. The Balaban J connectivity index is 1.80. The molecule has 2 aromatic rings. The van der Waals surface area contributed by atoms with Crippen LogP contribution in [0.2, 0.25) is 0 Å². The minimum absolute atomic E-state index is 0.154. The molecule has 1 aliphatic carbocycles. The third-order valence-electron chi connectivity index (χ3n) is 3.99. The van der Waals surface area contributed by atoms with E-state index in [2.05, 4.69) is 5.32 Å². The summed E-state index contributed by atoms with van der Waals surface area (Å²) < 4.78 is 5.52. The van der Waals surface area contributed by atoms with Crippen molar-refractivity contribution in [3.63, 3.8) is 0 Å². The molecule has 0 aliphatic heterocycles. The summed E-state index contributed by atoms with van der Waals surface area (Å²) in [6.45, 7) is 0. The second kappa shape index (κ2) is 6.14. The third kappa shape index (κ3) is 3.16. The number of rotatable bonds is 4. The molecule has 0 radical (unpaired) electrons. The van der Waals surface area contributed by atoms with Gasteiger partial charge in [-0.2, -0.15) is 0 Å². The molecule has 4 nitrogen and oxygen atoms in total. The molecule has 1 fully saturated rings. The van der Waals surface area contributed by atoms with E-state index in [0.717, 1.165) is 36.9 Å². The van der Waals surface area contributed by atoms with Crippen molar-refractivity contribution >= 4 is 12.0 Å². The normalized spacial score (nSPS) is 22.0. The van der Waals surface area contributed by atoms with Gasteiger partial charge in [-0.3, -0.25) is 4.79 Å². The first-order valence-corrected chi connectivity index (χ1v) is 7.35. The highest BCUT2D eigenvalue weighted by Gasteiger charge is 2.20. The Morgan fingerprint density at radius 1 is 1.10 bits per heavy atom. The van der Waals surface area contributed by atoms with Crippen molar-refractivity contribution < 1.29 is 14.3 Å². The quantitative estimate of drug-likeness (QED) is 0.844. The van der Waals surface area contributed by atoms with E-state index in [4.69, 9.17) is 4.42 Å². The van der Waals surface area contributed by atoms with Gasteiger partial charge in [0.1, 0.15) is 5.76 Å². The molecule has 0 saturated heterocycles. The fraction of sp³-hybridized carbons (Fsp3) is 0.353. The van der Waals surface area contributed by atoms with Crippen LogP contribution in [0.25, 0.3) is 11.3 Å². The zero-order valence-electron chi connectivity index (χ0n) is 11.8. The summed E-state index contributed by atoms with van der Waals surface area (Å²) in [5.41, 5.74) is 1.96. The average molecular weight is 285 g/mol. The molecular weight excluding hydrogens is 266 g/mol. The first kappa shape index (κ1) is 13.9. The lowest BCUT2D eigenvalue weighted by molar-refractivity contribution is 0.110. The van der Waals surface area contributed by atoms with Crippen LogP contribution < -0.4 is 5.32 Å². The zero-order chi connectivity index (χ0) is 14.7. The molecule has 0 spiro atoms. The predicted molar refractivity (Wildman–Crippen MR) is 81.4 cm³/mol. The Hall–Kier alpha value is -2.07. The lowest BCUT2D eigenvalue weighted by Gasteiger charge is -2.27. The number of carbonyl (C=O) groups excluding carboxylic acids is 1. The van der Waals surface area contributed by atoms with Gasteiger partial charge in [-0.05, 0) is 49.9 Å². The van der Waals surface area contributed by atoms with Gasteiger partial charge >= 0.3 is 0 Å². The van der Waals surface area contributed by atoms with E-state index >= 15 is 0 Å². The van der Waals surface area contributed by atoms with Gasteiger partial charge in [-0.25, -0.2) is 0 Å². The zero-order valence-corrected chi connectivity index (χ0v) is 11.8. The second-order valence-electron chi connectivity index (χ2n) is 5.52. The van der Waals surface area contributed by atoms with Crippen molar-refractivity contribution in [1.82, 2.24) is 0 Å². The molecule has 0 unspecified atom stereocenters. The van der Waals surface area contributed by atoms with Gasteiger partial charge in [0.2, 0.25) is 0 Å². The number of benzene rings is 1. The number of para-hydroxylation sites is 1. The molecule has 0 bridgehead atoms. The number of furan rings is 1. The number of nitrogens with one attached hydrogen (secondary N) is 1. The number of anilines is 1. The first-order chi connectivity index (χ1) is 10.3. The largest absolute Gasteiger partial charge is 0.453 e. The Labute approximate surface area is 123 Å². The number of hydrogen-bond acceptors (Lipinski definition) is 4. The molecule has 0 atom stereocenters. The van der Waals surface area contributed by atoms with Crippen molar-refractivity contribution in [3.05, 3.63) is 42.2 Å². The predicted octanol–water partition coefficient (Wildman–Crippen LogP) is 3.47. The SMILES string of the molecule is O=Cc1ccc(-c2ccccc2NC2CCC(O)CC2)o1. The highest BCUT2D eigenvalue weighted by molar-refractivity contribution is 5.78. The lowest BCUT2D eigenvalue weighted by Crippen LogP contribution is -2.28. The smallest absolute Gasteiger partial charge is 0.185 e. The van der Waals surface area contributed by atoms with Gasteiger partial charge in [-0.15, -0.1) is 0 Å². The maximum absolute atomic E-state index is 10.8. The number of hydrogen-bond donors (Lipinski definition) is 2. The summed E-state index contributed by atoms with van der Waals surface area (Å²) in [5.74, 6) is 1.02. The maximum atomic E-state index is 10.8. The van der Waals surface area contributed by atoms with Crippen molar-refractivity contribution in [3.8, 4) is 11.3 Å². The van der Waals surface area contributed by atoms with Gasteiger partial charge < -0.3 is 14.8 Å². The minimum Gasteiger partial charge on any atom is -0.453 e. The molecule has 0 amide bonds.